The average molecular weight is 364 g/mol. The lowest BCUT2D eigenvalue weighted by molar-refractivity contribution is -0.141. The van der Waals surface area contributed by atoms with E-state index in [1.165, 1.54) is 0 Å². The van der Waals surface area contributed by atoms with E-state index in [0.717, 1.165) is 31.0 Å². The number of amides is 1. The zero-order valence-electron chi connectivity index (χ0n) is 14.2. The first kappa shape index (κ1) is 18.2. The number of halogens is 3. The summed E-state index contributed by atoms with van der Waals surface area (Å²) < 4.78 is 40.1. The van der Waals surface area contributed by atoms with Crippen molar-refractivity contribution in [1.82, 2.24) is 15.3 Å². The SMILES string of the molecule is Cc1cccc(Nc2ncc(C(=O)NCC3CCC3)c(C(F)(F)F)n2)c1. The number of carbonyl (C=O) groups excluding carboxylic acids is 1. The van der Waals surface area contributed by atoms with E-state index in [4.69, 9.17) is 0 Å². The monoisotopic (exact) mass is 364 g/mol. The molecular formula is C18H19F3N4O. The summed E-state index contributed by atoms with van der Waals surface area (Å²) in [7, 11) is 0. The number of hydrogen-bond acceptors (Lipinski definition) is 4. The van der Waals surface area contributed by atoms with E-state index in [2.05, 4.69) is 20.6 Å². The number of benzene rings is 1. The van der Waals surface area contributed by atoms with Crippen LogP contribution in [0.25, 0.3) is 0 Å². The average Bonchev–Trinajstić information content (AvgIpc) is 2.52. The number of nitrogens with one attached hydrogen (secondary N) is 2. The Morgan fingerprint density at radius 1 is 1.31 bits per heavy atom. The Bertz CT molecular complexity index is 803. The highest BCUT2D eigenvalue weighted by atomic mass is 19.4. The van der Waals surface area contributed by atoms with Crippen molar-refractivity contribution in [1.29, 1.82) is 0 Å². The van der Waals surface area contributed by atoms with Crippen LogP contribution in [0.2, 0.25) is 0 Å². The van der Waals surface area contributed by atoms with Crippen LogP contribution in [0.15, 0.2) is 30.5 Å². The second-order valence-electron chi connectivity index (χ2n) is 6.46. The summed E-state index contributed by atoms with van der Waals surface area (Å²) in [6, 6.07) is 7.09. The van der Waals surface area contributed by atoms with Crippen LogP contribution in [-0.2, 0) is 6.18 Å². The molecule has 2 N–H and O–H groups in total. The van der Waals surface area contributed by atoms with E-state index in [0.29, 0.717) is 18.2 Å². The van der Waals surface area contributed by atoms with Crippen molar-refractivity contribution >= 4 is 17.5 Å². The Hall–Kier alpha value is -2.64. The van der Waals surface area contributed by atoms with Gasteiger partial charge in [0.15, 0.2) is 5.69 Å². The van der Waals surface area contributed by atoms with Gasteiger partial charge in [-0.05, 0) is 43.4 Å². The number of nitrogens with zero attached hydrogens (tertiary/aromatic N) is 2. The van der Waals surface area contributed by atoms with Gasteiger partial charge in [0.2, 0.25) is 5.95 Å². The fourth-order valence-corrected chi connectivity index (χ4v) is 2.71. The molecule has 1 saturated carbocycles. The predicted molar refractivity (Wildman–Crippen MR) is 91.2 cm³/mol. The number of aromatic nitrogens is 2. The molecule has 0 unspecified atom stereocenters. The van der Waals surface area contributed by atoms with Gasteiger partial charge in [0.05, 0.1) is 5.56 Å². The molecular weight excluding hydrogens is 345 g/mol. The number of rotatable bonds is 5. The minimum atomic E-state index is -4.75. The zero-order chi connectivity index (χ0) is 18.7. The van der Waals surface area contributed by atoms with E-state index < -0.39 is 23.3 Å². The molecule has 3 rings (SSSR count). The zero-order valence-corrected chi connectivity index (χ0v) is 14.2. The van der Waals surface area contributed by atoms with Crippen LogP contribution in [-0.4, -0.2) is 22.4 Å². The number of alkyl halides is 3. The molecule has 1 fully saturated rings. The van der Waals surface area contributed by atoms with Crippen LogP contribution in [0.1, 0.15) is 40.9 Å². The number of aryl methyl sites for hydroxylation is 1. The minimum absolute atomic E-state index is 0.210. The molecule has 26 heavy (non-hydrogen) atoms. The first-order valence-corrected chi connectivity index (χ1v) is 8.39. The Labute approximate surface area is 149 Å². The summed E-state index contributed by atoms with van der Waals surface area (Å²) in [5.74, 6) is -0.665. The van der Waals surface area contributed by atoms with Crippen LogP contribution < -0.4 is 10.6 Å². The highest BCUT2D eigenvalue weighted by Crippen LogP contribution is 2.31. The summed E-state index contributed by atoms with van der Waals surface area (Å²) in [5, 5.41) is 5.29. The molecule has 5 nitrogen and oxygen atoms in total. The molecule has 1 aliphatic carbocycles. The molecule has 1 aliphatic rings. The standard InChI is InChI=1S/C18H19F3N4O/c1-11-4-2-7-13(8-11)24-17-23-10-14(15(25-17)18(19,20)21)16(26)22-9-12-5-3-6-12/h2,4,7-8,10,12H,3,5-6,9H2,1H3,(H,22,26)(H,23,24,25). The van der Waals surface area contributed by atoms with Crippen LogP contribution in [0.4, 0.5) is 24.8 Å². The van der Waals surface area contributed by atoms with Crippen molar-refractivity contribution < 1.29 is 18.0 Å². The molecule has 1 aromatic carbocycles. The molecule has 0 bridgehead atoms. The van der Waals surface area contributed by atoms with E-state index in [1.807, 2.05) is 13.0 Å². The van der Waals surface area contributed by atoms with Crippen molar-refractivity contribution in [2.45, 2.75) is 32.4 Å². The molecule has 8 heteroatoms. The van der Waals surface area contributed by atoms with Crippen LogP contribution in [0.3, 0.4) is 0 Å². The van der Waals surface area contributed by atoms with Crippen LogP contribution >= 0.6 is 0 Å². The molecule has 0 saturated heterocycles. The van der Waals surface area contributed by atoms with Gasteiger partial charge in [0.25, 0.3) is 5.91 Å². The molecule has 2 aromatic rings. The van der Waals surface area contributed by atoms with Crippen LogP contribution in [0, 0.1) is 12.8 Å². The summed E-state index contributed by atoms with van der Waals surface area (Å²) >= 11 is 0. The van der Waals surface area contributed by atoms with Gasteiger partial charge in [-0.2, -0.15) is 13.2 Å². The molecule has 0 radical (unpaired) electrons. The second kappa shape index (κ2) is 7.31. The fraction of sp³-hybridized carbons (Fsp3) is 0.389. The predicted octanol–water partition coefficient (Wildman–Crippen LogP) is 4.08. The molecule has 0 atom stereocenters. The van der Waals surface area contributed by atoms with Crippen molar-refractivity contribution in [3.8, 4) is 0 Å². The van der Waals surface area contributed by atoms with E-state index in [1.54, 1.807) is 18.2 Å². The number of carbonyl (C=O) groups is 1. The Balaban J connectivity index is 1.82. The van der Waals surface area contributed by atoms with Crippen molar-refractivity contribution in [3.63, 3.8) is 0 Å². The fourth-order valence-electron chi connectivity index (χ4n) is 2.71. The summed E-state index contributed by atoms with van der Waals surface area (Å²) in [6.45, 7) is 2.24. The Kier molecular flexibility index (Phi) is 5.11. The topological polar surface area (TPSA) is 66.9 Å². The van der Waals surface area contributed by atoms with Crippen molar-refractivity contribution in [2.75, 3.05) is 11.9 Å². The van der Waals surface area contributed by atoms with Crippen molar-refractivity contribution in [3.05, 3.63) is 47.3 Å². The molecule has 1 amide bonds. The van der Waals surface area contributed by atoms with Gasteiger partial charge >= 0.3 is 6.18 Å². The highest BCUT2D eigenvalue weighted by molar-refractivity contribution is 5.95. The van der Waals surface area contributed by atoms with Gasteiger partial charge in [0.1, 0.15) is 0 Å². The molecule has 0 aliphatic heterocycles. The van der Waals surface area contributed by atoms with Gasteiger partial charge in [-0.15, -0.1) is 0 Å². The summed E-state index contributed by atoms with van der Waals surface area (Å²) in [5.41, 5.74) is -0.293. The maximum atomic E-state index is 13.4. The quantitative estimate of drug-likeness (QED) is 0.839. The van der Waals surface area contributed by atoms with E-state index in [-0.39, 0.29) is 5.95 Å². The molecule has 138 valence electrons. The van der Waals surface area contributed by atoms with Gasteiger partial charge in [-0.1, -0.05) is 18.6 Å². The third-order valence-electron chi connectivity index (χ3n) is 4.35. The Morgan fingerprint density at radius 3 is 2.69 bits per heavy atom. The van der Waals surface area contributed by atoms with E-state index >= 15 is 0 Å². The highest BCUT2D eigenvalue weighted by Gasteiger charge is 2.38. The van der Waals surface area contributed by atoms with E-state index in [9.17, 15) is 18.0 Å². The summed E-state index contributed by atoms with van der Waals surface area (Å²) in [6.07, 6.45) is -0.763. The second-order valence-corrected chi connectivity index (χ2v) is 6.46. The number of anilines is 2. The molecule has 0 spiro atoms. The number of hydrogen-bond donors (Lipinski definition) is 2. The normalized spacial score (nSPS) is 14.6. The van der Waals surface area contributed by atoms with Crippen molar-refractivity contribution in [2.24, 2.45) is 5.92 Å². The van der Waals surface area contributed by atoms with Gasteiger partial charge in [0, 0.05) is 18.4 Å². The lowest BCUT2D eigenvalue weighted by atomic mass is 9.85. The Morgan fingerprint density at radius 2 is 2.08 bits per heavy atom. The first-order valence-electron chi connectivity index (χ1n) is 8.39. The van der Waals surface area contributed by atoms with Gasteiger partial charge < -0.3 is 10.6 Å². The maximum Gasteiger partial charge on any atom is 0.434 e. The molecule has 1 aromatic heterocycles. The summed E-state index contributed by atoms with van der Waals surface area (Å²) in [4.78, 5) is 19.6. The van der Waals surface area contributed by atoms with Gasteiger partial charge in [-0.25, -0.2) is 9.97 Å². The van der Waals surface area contributed by atoms with Crippen LogP contribution in [0.5, 0.6) is 0 Å². The lowest BCUT2D eigenvalue weighted by Crippen LogP contribution is -2.33. The first-order chi connectivity index (χ1) is 12.3. The maximum absolute atomic E-state index is 13.4. The largest absolute Gasteiger partial charge is 0.434 e. The lowest BCUT2D eigenvalue weighted by Gasteiger charge is -2.25. The third-order valence-corrected chi connectivity index (χ3v) is 4.35. The smallest absolute Gasteiger partial charge is 0.352 e. The van der Waals surface area contributed by atoms with Gasteiger partial charge in [-0.3, -0.25) is 4.79 Å². The third kappa shape index (κ3) is 4.30. The minimum Gasteiger partial charge on any atom is -0.352 e. The molecule has 1 heterocycles.